The molecular weight excluding hydrogens is 394 g/mol. The average Bonchev–Trinajstić information content (AvgIpc) is 3.10. The maximum atomic E-state index is 12.6. The molecule has 0 saturated heterocycles. The van der Waals surface area contributed by atoms with Gasteiger partial charge in [-0.2, -0.15) is 0 Å². The van der Waals surface area contributed by atoms with E-state index < -0.39 is 15.6 Å². The topological polar surface area (TPSA) is 120 Å². The maximum Gasteiger partial charge on any atom is 0.349 e. The Balaban J connectivity index is 1.82. The second-order valence-electron chi connectivity index (χ2n) is 6.54. The lowest BCUT2D eigenvalue weighted by atomic mass is 10.1. The van der Waals surface area contributed by atoms with Crippen LogP contribution in [0.15, 0.2) is 61.0 Å². The van der Waals surface area contributed by atoms with Crippen LogP contribution in [0.4, 0.5) is 5.69 Å². The minimum Gasteiger partial charge on any atom is -0.436 e. The van der Waals surface area contributed by atoms with Crippen LogP contribution in [0.5, 0.6) is 0 Å². The number of hydrogen-bond donors (Lipinski definition) is 1. The first-order valence-corrected chi connectivity index (χ1v) is 10.6. The normalized spacial score (nSPS) is 12.0. The summed E-state index contributed by atoms with van der Waals surface area (Å²) < 4.78 is 34.2. The molecule has 0 saturated carbocycles. The van der Waals surface area contributed by atoms with Crippen molar-refractivity contribution in [3.05, 3.63) is 52.9 Å². The van der Waals surface area contributed by atoms with Gasteiger partial charge in [-0.25, -0.2) is 23.3 Å². The third kappa shape index (κ3) is 3.50. The fourth-order valence-corrected chi connectivity index (χ4v) is 3.77. The Kier molecular flexibility index (Phi) is 4.64. The second kappa shape index (κ2) is 7.02. The van der Waals surface area contributed by atoms with Gasteiger partial charge < -0.3 is 13.7 Å². The second-order valence-corrected chi connectivity index (χ2v) is 8.10. The van der Waals surface area contributed by atoms with Gasteiger partial charge in [0.15, 0.2) is 5.58 Å². The van der Waals surface area contributed by atoms with Gasteiger partial charge in [-0.15, -0.1) is 0 Å². The number of nitrogens with two attached hydrogens (primary N) is 1. The molecule has 150 valence electrons. The highest BCUT2D eigenvalue weighted by Crippen LogP contribution is 2.28. The zero-order chi connectivity index (χ0) is 20.8. The lowest BCUT2D eigenvalue weighted by molar-refractivity contribution is 0.553. The molecule has 29 heavy (non-hydrogen) atoms. The van der Waals surface area contributed by atoms with Crippen LogP contribution in [0.2, 0.25) is 0 Å². The standard InChI is InChI=1S/C20H19N3O5S/c1-3-23(4-2)13-6-5-12-9-15(20(24)28-18(12)10-13)19-22-16-11-14(29(21,25)26)7-8-17(16)27-19/h5-11H,3-4H2,1-2H3,(H2,21,25,26). The molecule has 8 nitrogen and oxygen atoms in total. The molecule has 0 aliphatic heterocycles. The number of fused-ring (bicyclic) bond motifs is 2. The summed E-state index contributed by atoms with van der Waals surface area (Å²) >= 11 is 0. The van der Waals surface area contributed by atoms with E-state index in [1.54, 1.807) is 6.07 Å². The molecule has 0 amide bonds. The number of nitrogens with zero attached hydrogens (tertiary/aromatic N) is 2. The van der Waals surface area contributed by atoms with E-state index in [2.05, 4.69) is 23.7 Å². The van der Waals surface area contributed by atoms with E-state index in [0.717, 1.165) is 24.2 Å². The van der Waals surface area contributed by atoms with Crippen LogP contribution in [0.1, 0.15) is 13.8 Å². The smallest absolute Gasteiger partial charge is 0.349 e. The minimum absolute atomic E-state index is 0.0510. The summed E-state index contributed by atoms with van der Waals surface area (Å²) in [7, 11) is -3.87. The van der Waals surface area contributed by atoms with Crippen LogP contribution < -0.4 is 15.7 Å². The molecule has 4 aromatic rings. The zero-order valence-electron chi connectivity index (χ0n) is 15.9. The van der Waals surface area contributed by atoms with Gasteiger partial charge in [0.2, 0.25) is 15.9 Å². The predicted molar refractivity (Wildman–Crippen MR) is 110 cm³/mol. The molecule has 2 N–H and O–H groups in total. The Morgan fingerprint density at radius 3 is 2.45 bits per heavy atom. The van der Waals surface area contributed by atoms with Crippen molar-refractivity contribution >= 4 is 37.8 Å². The summed E-state index contributed by atoms with van der Waals surface area (Å²) in [5.41, 5.74) is 1.62. The third-order valence-electron chi connectivity index (χ3n) is 4.77. The highest BCUT2D eigenvalue weighted by atomic mass is 32.2. The number of aromatic nitrogens is 1. The quantitative estimate of drug-likeness (QED) is 0.499. The number of primary sulfonamides is 1. The molecule has 2 heterocycles. The molecule has 4 rings (SSSR count). The van der Waals surface area contributed by atoms with Gasteiger partial charge in [-0.3, -0.25) is 0 Å². The van der Waals surface area contributed by atoms with E-state index >= 15 is 0 Å². The van der Waals surface area contributed by atoms with Crippen LogP contribution >= 0.6 is 0 Å². The Morgan fingerprint density at radius 1 is 1.00 bits per heavy atom. The number of oxazole rings is 1. The van der Waals surface area contributed by atoms with Crippen LogP contribution in [0.3, 0.4) is 0 Å². The summed E-state index contributed by atoms with van der Waals surface area (Å²) in [6.45, 7) is 5.80. The fourth-order valence-electron chi connectivity index (χ4n) is 3.23. The summed E-state index contributed by atoms with van der Waals surface area (Å²) in [6, 6.07) is 11.4. The Hall–Kier alpha value is -3.17. The number of benzene rings is 2. The van der Waals surface area contributed by atoms with Crippen molar-refractivity contribution < 1.29 is 17.3 Å². The van der Waals surface area contributed by atoms with Gasteiger partial charge in [0.25, 0.3) is 0 Å². The van der Waals surface area contributed by atoms with Crippen LogP contribution in [0, 0.1) is 0 Å². The number of rotatable bonds is 5. The lowest BCUT2D eigenvalue weighted by Crippen LogP contribution is -2.21. The highest BCUT2D eigenvalue weighted by molar-refractivity contribution is 7.89. The predicted octanol–water partition coefficient (Wildman–Crippen LogP) is 3.09. The van der Waals surface area contributed by atoms with Gasteiger partial charge >= 0.3 is 5.63 Å². The molecule has 0 atom stereocenters. The number of sulfonamides is 1. The Morgan fingerprint density at radius 2 is 1.76 bits per heavy atom. The highest BCUT2D eigenvalue weighted by Gasteiger charge is 2.17. The fraction of sp³-hybridized carbons (Fsp3) is 0.200. The van der Waals surface area contributed by atoms with Crippen LogP contribution in [-0.2, 0) is 10.0 Å². The first-order valence-electron chi connectivity index (χ1n) is 9.06. The van der Waals surface area contributed by atoms with Crippen molar-refractivity contribution in [3.63, 3.8) is 0 Å². The van der Waals surface area contributed by atoms with E-state index in [4.69, 9.17) is 14.0 Å². The summed E-state index contributed by atoms with van der Waals surface area (Å²) in [5.74, 6) is 0.0510. The summed E-state index contributed by atoms with van der Waals surface area (Å²) in [4.78, 5) is 18.9. The van der Waals surface area contributed by atoms with Gasteiger partial charge in [-0.1, -0.05) is 0 Å². The van der Waals surface area contributed by atoms with E-state index in [1.807, 2.05) is 18.2 Å². The third-order valence-corrected chi connectivity index (χ3v) is 5.68. The van der Waals surface area contributed by atoms with Gasteiger partial charge in [0.05, 0.1) is 4.90 Å². The number of hydrogen-bond acceptors (Lipinski definition) is 7. The van der Waals surface area contributed by atoms with Crippen molar-refractivity contribution in [2.75, 3.05) is 18.0 Å². The maximum absolute atomic E-state index is 12.6. The van der Waals surface area contributed by atoms with Gasteiger partial charge in [0.1, 0.15) is 16.7 Å². The van der Waals surface area contributed by atoms with Crippen molar-refractivity contribution in [1.82, 2.24) is 4.98 Å². The lowest BCUT2D eigenvalue weighted by Gasteiger charge is -2.20. The van der Waals surface area contributed by atoms with Crippen molar-refractivity contribution in [2.24, 2.45) is 5.14 Å². The Labute approximate surface area is 166 Å². The van der Waals surface area contributed by atoms with Gasteiger partial charge in [0, 0.05) is 30.2 Å². The number of anilines is 1. The average molecular weight is 413 g/mol. The van der Waals surface area contributed by atoms with E-state index in [0.29, 0.717) is 11.2 Å². The Bertz CT molecular complexity index is 1380. The molecule has 2 aromatic carbocycles. The molecule has 0 spiro atoms. The molecule has 0 radical (unpaired) electrons. The van der Waals surface area contributed by atoms with Crippen molar-refractivity contribution in [3.8, 4) is 11.5 Å². The largest absolute Gasteiger partial charge is 0.436 e. The molecule has 9 heteroatoms. The first kappa shape index (κ1) is 19.2. The molecule has 0 bridgehead atoms. The van der Waals surface area contributed by atoms with Crippen molar-refractivity contribution in [1.29, 1.82) is 0 Å². The zero-order valence-corrected chi connectivity index (χ0v) is 16.7. The molecule has 2 aromatic heterocycles. The molecular formula is C20H19N3O5S. The van der Waals surface area contributed by atoms with Gasteiger partial charge in [-0.05, 0) is 50.2 Å². The SMILES string of the molecule is CCN(CC)c1ccc2cc(-c3nc4cc(S(N)(=O)=O)ccc4o3)c(=O)oc2c1. The molecule has 0 fully saturated rings. The van der Waals surface area contributed by atoms with Crippen LogP contribution in [0.25, 0.3) is 33.5 Å². The molecule has 0 unspecified atom stereocenters. The van der Waals surface area contributed by atoms with Crippen molar-refractivity contribution in [2.45, 2.75) is 18.7 Å². The monoisotopic (exact) mass is 413 g/mol. The molecule has 0 aliphatic rings. The summed E-state index contributed by atoms with van der Waals surface area (Å²) in [6.07, 6.45) is 0. The van der Waals surface area contributed by atoms with E-state index in [1.165, 1.54) is 18.2 Å². The van der Waals surface area contributed by atoms with E-state index in [9.17, 15) is 13.2 Å². The molecule has 0 aliphatic carbocycles. The first-order chi connectivity index (χ1) is 13.8. The summed E-state index contributed by atoms with van der Waals surface area (Å²) in [5, 5.41) is 5.88. The van der Waals surface area contributed by atoms with Crippen LogP contribution in [-0.4, -0.2) is 26.5 Å². The minimum atomic E-state index is -3.87. The van der Waals surface area contributed by atoms with E-state index in [-0.39, 0.29) is 21.9 Å².